The summed E-state index contributed by atoms with van der Waals surface area (Å²) in [5, 5.41) is 0. The van der Waals surface area contributed by atoms with E-state index >= 15 is 0 Å². The Kier molecular flexibility index (Phi) is 1.25. The summed E-state index contributed by atoms with van der Waals surface area (Å²) in [7, 11) is 0. The smallest absolute Gasteiger partial charge is 0.231 e. The quantitative estimate of drug-likeness (QED) is 0.608. The predicted octanol–water partition coefficient (Wildman–Crippen LogP) is 2.52. The molecule has 0 aromatic rings. The van der Waals surface area contributed by atoms with E-state index in [2.05, 4.69) is 12.1 Å². The Morgan fingerprint density at radius 2 is 1.69 bits per heavy atom. The van der Waals surface area contributed by atoms with Crippen molar-refractivity contribution in [3.63, 3.8) is 0 Å². The first kappa shape index (κ1) is 6.78. The van der Waals surface area contributed by atoms with Crippen molar-refractivity contribution in [2.75, 3.05) is 6.79 Å². The van der Waals surface area contributed by atoms with Gasteiger partial charge in [-0.15, -0.1) is 0 Å². The number of hydrogen-bond acceptors (Lipinski definition) is 2. The largest absolute Gasteiger partial charge is 0.454 e. The van der Waals surface area contributed by atoms with Crippen LogP contribution in [0.15, 0.2) is 36.4 Å². The summed E-state index contributed by atoms with van der Waals surface area (Å²) in [5.41, 5.74) is 2.40. The monoisotopic (exact) mass is 172 g/mol. The van der Waals surface area contributed by atoms with E-state index in [4.69, 9.17) is 9.47 Å². The van der Waals surface area contributed by atoms with E-state index in [1.807, 2.05) is 24.3 Å². The lowest BCUT2D eigenvalue weighted by atomic mass is 10.2. The maximum Gasteiger partial charge on any atom is 0.231 e. The second kappa shape index (κ2) is 2.39. The average molecular weight is 172 g/mol. The van der Waals surface area contributed by atoms with Crippen molar-refractivity contribution >= 4 is 0 Å². The van der Waals surface area contributed by atoms with Crippen molar-refractivity contribution in [2.45, 2.75) is 0 Å². The SMILES string of the molecule is c1cc2ccc3c(cc-2c1)OCO3. The van der Waals surface area contributed by atoms with Crippen molar-refractivity contribution in [2.24, 2.45) is 0 Å². The molecule has 0 aromatic heterocycles. The molecule has 0 saturated heterocycles. The fraction of sp³-hybridized carbons (Fsp3) is 0.0909. The van der Waals surface area contributed by atoms with Gasteiger partial charge in [0.15, 0.2) is 11.5 Å². The molecule has 3 aliphatic rings. The van der Waals surface area contributed by atoms with Crippen LogP contribution in [0.2, 0.25) is 0 Å². The summed E-state index contributed by atoms with van der Waals surface area (Å²) in [6.07, 6.45) is 0. The van der Waals surface area contributed by atoms with Crippen LogP contribution in [0.1, 0.15) is 0 Å². The van der Waals surface area contributed by atoms with Crippen molar-refractivity contribution in [1.82, 2.24) is 0 Å². The molecule has 2 nitrogen and oxygen atoms in total. The first-order chi connectivity index (χ1) is 6.43. The highest BCUT2D eigenvalue weighted by atomic mass is 16.7. The molecule has 3 rings (SSSR count). The molecule has 0 spiro atoms. The van der Waals surface area contributed by atoms with E-state index in [0.717, 1.165) is 11.5 Å². The molecule has 2 heteroatoms. The van der Waals surface area contributed by atoms with E-state index in [-0.39, 0.29) is 0 Å². The van der Waals surface area contributed by atoms with Crippen LogP contribution in [0.5, 0.6) is 11.5 Å². The zero-order valence-electron chi connectivity index (χ0n) is 6.99. The molecule has 0 N–H and O–H groups in total. The van der Waals surface area contributed by atoms with Gasteiger partial charge in [-0.2, -0.15) is 0 Å². The van der Waals surface area contributed by atoms with Crippen LogP contribution >= 0.6 is 0 Å². The maximum atomic E-state index is 5.31. The van der Waals surface area contributed by atoms with Gasteiger partial charge in [-0.05, 0) is 23.3 Å². The molecule has 0 unspecified atom stereocenters. The van der Waals surface area contributed by atoms with Crippen LogP contribution in [0.4, 0.5) is 0 Å². The molecule has 0 fully saturated rings. The summed E-state index contributed by atoms with van der Waals surface area (Å²) >= 11 is 0. The molecule has 1 aliphatic heterocycles. The molecule has 0 amide bonds. The van der Waals surface area contributed by atoms with Gasteiger partial charge in [-0.3, -0.25) is 0 Å². The molecule has 0 atom stereocenters. The molecular formula is C11H8O2. The Morgan fingerprint density at radius 3 is 2.69 bits per heavy atom. The second-order valence-electron chi connectivity index (χ2n) is 3.05. The Morgan fingerprint density at radius 1 is 0.846 bits per heavy atom. The lowest BCUT2D eigenvalue weighted by Crippen LogP contribution is -1.93. The Bertz CT molecular complexity index is 423. The fourth-order valence-corrected chi connectivity index (χ4v) is 1.58. The van der Waals surface area contributed by atoms with Gasteiger partial charge >= 0.3 is 0 Å². The van der Waals surface area contributed by atoms with Gasteiger partial charge in [-0.25, -0.2) is 0 Å². The first-order valence-electron chi connectivity index (χ1n) is 4.22. The summed E-state index contributed by atoms with van der Waals surface area (Å²) in [6.45, 7) is 0.335. The molecular weight excluding hydrogens is 164 g/mol. The van der Waals surface area contributed by atoms with Crippen molar-refractivity contribution in [3.8, 4) is 22.6 Å². The van der Waals surface area contributed by atoms with Gasteiger partial charge in [-0.1, -0.05) is 24.3 Å². The third-order valence-corrected chi connectivity index (χ3v) is 2.26. The average Bonchev–Trinajstić information content (AvgIpc) is 2.72. The van der Waals surface area contributed by atoms with Crippen LogP contribution in [-0.4, -0.2) is 6.79 Å². The van der Waals surface area contributed by atoms with Gasteiger partial charge < -0.3 is 9.47 Å². The third kappa shape index (κ3) is 0.952. The summed E-state index contributed by atoms with van der Waals surface area (Å²) in [6, 6.07) is 12.2. The van der Waals surface area contributed by atoms with Crippen LogP contribution in [0.25, 0.3) is 11.1 Å². The Balaban J connectivity index is 2.31. The molecule has 0 bridgehead atoms. The predicted molar refractivity (Wildman–Crippen MR) is 49.2 cm³/mol. The van der Waals surface area contributed by atoms with E-state index in [1.54, 1.807) is 0 Å². The fourth-order valence-electron chi connectivity index (χ4n) is 1.58. The van der Waals surface area contributed by atoms with Crippen LogP contribution in [0, 0.1) is 0 Å². The van der Waals surface area contributed by atoms with Gasteiger partial charge in [0.25, 0.3) is 0 Å². The van der Waals surface area contributed by atoms with Gasteiger partial charge in [0.05, 0.1) is 0 Å². The number of hydrogen-bond donors (Lipinski definition) is 0. The zero-order valence-corrected chi connectivity index (χ0v) is 6.99. The van der Waals surface area contributed by atoms with Gasteiger partial charge in [0, 0.05) is 0 Å². The van der Waals surface area contributed by atoms with Gasteiger partial charge in [0.1, 0.15) is 0 Å². The first-order valence-corrected chi connectivity index (χ1v) is 4.22. The normalized spacial score (nSPS) is 13.5. The molecule has 1 heterocycles. The molecule has 2 aliphatic carbocycles. The van der Waals surface area contributed by atoms with E-state index in [1.165, 1.54) is 11.1 Å². The summed E-state index contributed by atoms with van der Waals surface area (Å²) < 4.78 is 10.6. The highest BCUT2D eigenvalue weighted by Crippen LogP contribution is 2.35. The Hall–Kier alpha value is -1.70. The second-order valence-corrected chi connectivity index (χ2v) is 3.05. The molecule has 0 saturated carbocycles. The minimum absolute atomic E-state index is 0.335. The molecule has 64 valence electrons. The minimum Gasteiger partial charge on any atom is -0.454 e. The molecule has 0 radical (unpaired) electrons. The van der Waals surface area contributed by atoms with Crippen molar-refractivity contribution in [1.29, 1.82) is 0 Å². The Labute approximate surface area is 76.1 Å². The van der Waals surface area contributed by atoms with Crippen LogP contribution in [0.3, 0.4) is 0 Å². The molecule has 0 aromatic carbocycles. The van der Waals surface area contributed by atoms with Crippen molar-refractivity contribution in [3.05, 3.63) is 36.4 Å². The minimum atomic E-state index is 0.335. The lowest BCUT2D eigenvalue weighted by Gasteiger charge is -1.91. The number of fused-ring (bicyclic) bond motifs is 2. The zero-order chi connectivity index (χ0) is 8.67. The molecule has 13 heavy (non-hydrogen) atoms. The van der Waals surface area contributed by atoms with Crippen molar-refractivity contribution < 1.29 is 9.47 Å². The van der Waals surface area contributed by atoms with Gasteiger partial charge in [0.2, 0.25) is 6.79 Å². The van der Waals surface area contributed by atoms with E-state index in [0.29, 0.717) is 6.79 Å². The third-order valence-electron chi connectivity index (χ3n) is 2.26. The van der Waals surface area contributed by atoms with E-state index < -0.39 is 0 Å². The highest BCUT2D eigenvalue weighted by Gasteiger charge is 2.13. The lowest BCUT2D eigenvalue weighted by molar-refractivity contribution is 0.173. The van der Waals surface area contributed by atoms with E-state index in [9.17, 15) is 0 Å². The summed E-state index contributed by atoms with van der Waals surface area (Å²) in [5.74, 6) is 1.66. The number of ether oxygens (including phenoxy) is 2. The van der Waals surface area contributed by atoms with Crippen LogP contribution in [-0.2, 0) is 0 Å². The highest BCUT2D eigenvalue weighted by molar-refractivity contribution is 5.69. The number of rotatable bonds is 0. The van der Waals surface area contributed by atoms with Crippen LogP contribution < -0.4 is 9.47 Å². The maximum absolute atomic E-state index is 5.31. The topological polar surface area (TPSA) is 18.5 Å². The summed E-state index contributed by atoms with van der Waals surface area (Å²) in [4.78, 5) is 0. The standard InChI is InChI=1S/C11H8O2/c1-2-8-4-5-10-11(13-7-12-10)6-9(8)3-1/h1-6H,7H2.